The Kier molecular flexibility index (Phi) is 4.46. The van der Waals surface area contributed by atoms with Gasteiger partial charge in [0.1, 0.15) is 6.04 Å². The van der Waals surface area contributed by atoms with Crippen LogP contribution in [0.5, 0.6) is 0 Å². The molecule has 2 heterocycles. The third-order valence-electron chi connectivity index (χ3n) is 5.16. The molecule has 8 heteroatoms. The number of hydrogen-bond acceptors (Lipinski definition) is 5. The predicted octanol–water partition coefficient (Wildman–Crippen LogP) is 1.78. The summed E-state index contributed by atoms with van der Waals surface area (Å²) in [5, 5.41) is 5.45. The number of anilines is 2. The third kappa shape index (κ3) is 3.06. The second kappa shape index (κ2) is 6.95. The lowest BCUT2D eigenvalue weighted by Crippen LogP contribution is -2.52. The van der Waals surface area contributed by atoms with E-state index in [9.17, 15) is 18.8 Å². The number of rotatable bonds is 4. The minimum Gasteiger partial charge on any atom is -0.396 e. The maximum absolute atomic E-state index is 14.1. The van der Waals surface area contributed by atoms with E-state index in [1.54, 1.807) is 24.3 Å². The fraction of sp³-hybridized carbons (Fsp3) is 0.250. The first-order valence-electron chi connectivity index (χ1n) is 8.99. The van der Waals surface area contributed by atoms with E-state index >= 15 is 0 Å². The number of amides is 3. The molecule has 2 aliphatic rings. The molecule has 28 heavy (non-hydrogen) atoms. The summed E-state index contributed by atoms with van der Waals surface area (Å²) in [5.74, 6) is -1.49. The zero-order valence-electron chi connectivity index (χ0n) is 15.0. The van der Waals surface area contributed by atoms with Gasteiger partial charge in [-0.3, -0.25) is 19.7 Å². The second-order valence-corrected chi connectivity index (χ2v) is 6.91. The fourth-order valence-electron chi connectivity index (χ4n) is 3.68. The summed E-state index contributed by atoms with van der Waals surface area (Å²) in [6.45, 7) is 0.461. The molecule has 3 amide bonds. The Morgan fingerprint density at radius 3 is 2.75 bits per heavy atom. The van der Waals surface area contributed by atoms with Crippen LogP contribution in [0.1, 0.15) is 34.3 Å². The van der Waals surface area contributed by atoms with E-state index in [0.717, 1.165) is 5.56 Å². The monoisotopic (exact) mass is 382 g/mol. The van der Waals surface area contributed by atoms with Crippen molar-refractivity contribution in [2.45, 2.75) is 32.0 Å². The van der Waals surface area contributed by atoms with Gasteiger partial charge in [0.2, 0.25) is 11.8 Å². The van der Waals surface area contributed by atoms with Crippen LogP contribution in [0.15, 0.2) is 36.4 Å². The first kappa shape index (κ1) is 18.0. The predicted molar refractivity (Wildman–Crippen MR) is 101 cm³/mol. The van der Waals surface area contributed by atoms with E-state index in [1.807, 2.05) is 6.07 Å². The minimum atomic E-state index is -0.670. The lowest BCUT2D eigenvalue weighted by atomic mass is 10.0. The average molecular weight is 382 g/mol. The largest absolute Gasteiger partial charge is 0.396 e. The van der Waals surface area contributed by atoms with Gasteiger partial charge < -0.3 is 16.0 Å². The van der Waals surface area contributed by atoms with E-state index < -0.39 is 17.8 Å². The number of carbonyl (C=O) groups excluding carboxylic acids is 3. The second-order valence-electron chi connectivity index (χ2n) is 6.91. The molecule has 1 unspecified atom stereocenters. The van der Waals surface area contributed by atoms with Crippen molar-refractivity contribution >= 4 is 29.1 Å². The highest BCUT2D eigenvalue weighted by Crippen LogP contribution is 2.32. The molecule has 7 nitrogen and oxygen atoms in total. The zero-order chi connectivity index (χ0) is 19.8. The van der Waals surface area contributed by atoms with Gasteiger partial charge in [0.15, 0.2) is 5.82 Å². The summed E-state index contributed by atoms with van der Waals surface area (Å²) in [5.41, 5.74) is 8.06. The Morgan fingerprint density at radius 1 is 1.18 bits per heavy atom. The van der Waals surface area contributed by atoms with Crippen LogP contribution in [0.4, 0.5) is 15.8 Å². The molecule has 0 spiro atoms. The molecular weight excluding hydrogens is 363 g/mol. The zero-order valence-corrected chi connectivity index (χ0v) is 15.0. The molecule has 0 radical (unpaired) electrons. The van der Waals surface area contributed by atoms with Crippen LogP contribution in [-0.4, -0.2) is 28.7 Å². The number of carbonyl (C=O) groups is 3. The van der Waals surface area contributed by atoms with Gasteiger partial charge in [0.25, 0.3) is 5.91 Å². The highest BCUT2D eigenvalue weighted by molar-refractivity contribution is 6.06. The average Bonchev–Trinajstić information content (AvgIpc) is 3.00. The van der Waals surface area contributed by atoms with Crippen molar-refractivity contribution < 1.29 is 18.8 Å². The number of benzene rings is 2. The number of piperidine rings is 1. The summed E-state index contributed by atoms with van der Waals surface area (Å²) in [6.07, 6.45) is 0.512. The molecule has 2 aromatic carbocycles. The number of nitrogens with one attached hydrogen (secondary N) is 2. The number of hydrogen-bond donors (Lipinski definition) is 3. The number of fused-ring (bicyclic) bond motifs is 1. The molecule has 0 bridgehead atoms. The van der Waals surface area contributed by atoms with E-state index in [4.69, 9.17) is 5.73 Å². The van der Waals surface area contributed by atoms with Gasteiger partial charge in [-0.05, 0) is 24.6 Å². The van der Waals surface area contributed by atoms with Crippen molar-refractivity contribution in [3.05, 3.63) is 58.9 Å². The first-order chi connectivity index (χ1) is 13.5. The van der Waals surface area contributed by atoms with Crippen molar-refractivity contribution in [2.24, 2.45) is 0 Å². The molecule has 1 atom stereocenters. The Balaban J connectivity index is 1.55. The molecule has 2 aromatic rings. The summed E-state index contributed by atoms with van der Waals surface area (Å²) < 4.78 is 14.1. The van der Waals surface area contributed by atoms with E-state index in [1.165, 1.54) is 11.0 Å². The quantitative estimate of drug-likeness (QED) is 0.552. The molecule has 144 valence electrons. The Labute approximate surface area is 160 Å². The van der Waals surface area contributed by atoms with Crippen LogP contribution in [0.3, 0.4) is 0 Å². The van der Waals surface area contributed by atoms with Crippen molar-refractivity contribution in [1.29, 1.82) is 0 Å². The maximum atomic E-state index is 14.1. The molecular formula is C20H19FN4O3. The van der Waals surface area contributed by atoms with Gasteiger partial charge in [0, 0.05) is 41.9 Å². The smallest absolute Gasteiger partial charge is 0.255 e. The Morgan fingerprint density at radius 2 is 1.96 bits per heavy atom. The Hall–Kier alpha value is -3.42. The van der Waals surface area contributed by atoms with Crippen LogP contribution in [0, 0.1) is 5.82 Å². The first-order valence-corrected chi connectivity index (χ1v) is 8.99. The van der Waals surface area contributed by atoms with Crippen LogP contribution in [0.25, 0.3) is 0 Å². The van der Waals surface area contributed by atoms with Gasteiger partial charge in [-0.25, -0.2) is 4.39 Å². The van der Waals surface area contributed by atoms with Crippen LogP contribution in [0.2, 0.25) is 0 Å². The summed E-state index contributed by atoms with van der Waals surface area (Å²) >= 11 is 0. The molecule has 4 N–H and O–H groups in total. The summed E-state index contributed by atoms with van der Waals surface area (Å²) in [7, 11) is 0. The van der Waals surface area contributed by atoms with Crippen LogP contribution >= 0.6 is 0 Å². The van der Waals surface area contributed by atoms with E-state index in [0.29, 0.717) is 23.2 Å². The van der Waals surface area contributed by atoms with Crippen molar-refractivity contribution in [2.75, 3.05) is 11.1 Å². The normalized spacial score (nSPS) is 18.8. The minimum absolute atomic E-state index is 0.0804. The molecule has 0 saturated carbocycles. The Bertz CT molecular complexity index is 991. The van der Waals surface area contributed by atoms with Crippen molar-refractivity contribution in [3.8, 4) is 0 Å². The molecule has 2 aliphatic heterocycles. The van der Waals surface area contributed by atoms with Gasteiger partial charge >= 0.3 is 0 Å². The fourth-order valence-corrected chi connectivity index (χ4v) is 3.68. The third-order valence-corrected chi connectivity index (χ3v) is 5.16. The summed E-state index contributed by atoms with van der Waals surface area (Å²) in [6, 6.07) is 9.40. The highest BCUT2D eigenvalue weighted by atomic mass is 19.1. The maximum Gasteiger partial charge on any atom is 0.255 e. The molecule has 4 rings (SSSR count). The number of imide groups is 1. The van der Waals surface area contributed by atoms with E-state index in [-0.39, 0.29) is 37.0 Å². The van der Waals surface area contributed by atoms with E-state index in [2.05, 4.69) is 10.6 Å². The molecule has 1 saturated heterocycles. The van der Waals surface area contributed by atoms with Crippen LogP contribution < -0.4 is 16.4 Å². The topological polar surface area (TPSA) is 105 Å². The number of nitrogens with zero attached hydrogens (tertiary/aromatic N) is 1. The van der Waals surface area contributed by atoms with Crippen molar-refractivity contribution in [1.82, 2.24) is 10.2 Å². The number of halogens is 1. The van der Waals surface area contributed by atoms with Crippen LogP contribution in [-0.2, 0) is 22.7 Å². The van der Waals surface area contributed by atoms with Crippen molar-refractivity contribution in [3.63, 3.8) is 0 Å². The van der Waals surface area contributed by atoms with Gasteiger partial charge in [0.05, 0.1) is 5.69 Å². The number of nitrogens with two attached hydrogens (primary N) is 1. The summed E-state index contributed by atoms with van der Waals surface area (Å²) in [4.78, 5) is 37.8. The van der Waals surface area contributed by atoms with Gasteiger partial charge in [-0.2, -0.15) is 0 Å². The molecule has 0 aromatic heterocycles. The lowest BCUT2D eigenvalue weighted by molar-refractivity contribution is -0.136. The van der Waals surface area contributed by atoms with Gasteiger partial charge in [-0.15, -0.1) is 0 Å². The molecule has 1 fully saturated rings. The lowest BCUT2D eigenvalue weighted by Gasteiger charge is -2.29. The van der Waals surface area contributed by atoms with Gasteiger partial charge in [-0.1, -0.05) is 18.2 Å². The molecule has 0 aliphatic carbocycles. The number of nitrogen functional groups attached to an aromatic ring is 1. The SMILES string of the molecule is Nc1cccc(CNc2cccc3c2CN(C2CCC(=O)NC2=O)C3=O)c1F. The standard InChI is InChI=1S/C20H19FN4O3/c21-18-11(3-1-5-14(18)22)9-23-15-6-2-4-12-13(15)10-25(20(12)28)16-7-8-17(26)24-19(16)27/h1-6,16,23H,7-10,22H2,(H,24,26,27). The highest BCUT2D eigenvalue weighted by Gasteiger charge is 2.39.